The normalized spacial score (nSPS) is 31.4. The molecule has 2 saturated heterocycles. The number of allylic oxidation sites excluding steroid dienone is 3. The molecule has 4 rings (SSSR count). The number of rotatable bonds is 5. The average molecular weight is 692 g/mol. The highest BCUT2D eigenvalue weighted by Crippen LogP contribution is 2.49. The number of hydrogen-bond donors (Lipinski definition) is 2. The minimum absolute atomic E-state index is 0.0436. The number of ether oxygens (including phenoxy) is 5. The number of nitrogens with one attached hydrogen (secondary N) is 1. The van der Waals surface area contributed by atoms with Crippen molar-refractivity contribution in [2.45, 2.75) is 95.7 Å². The van der Waals surface area contributed by atoms with Crippen LogP contribution in [-0.2, 0) is 39.8 Å². The molecular formula is C34H46ClN3O10. The van der Waals surface area contributed by atoms with E-state index in [9.17, 15) is 24.3 Å². The van der Waals surface area contributed by atoms with Crippen LogP contribution < -0.4 is 15.0 Å². The number of benzene rings is 1. The van der Waals surface area contributed by atoms with Gasteiger partial charge in [0.1, 0.15) is 40.7 Å². The maximum Gasteiger partial charge on any atom is 0.409 e. The highest BCUT2D eigenvalue weighted by molar-refractivity contribution is 6.35. The fourth-order valence-corrected chi connectivity index (χ4v) is 6.59. The van der Waals surface area contributed by atoms with Gasteiger partial charge in [0, 0.05) is 40.5 Å². The first-order valence-electron chi connectivity index (χ1n) is 15.8. The molecule has 3 aliphatic heterocycles. The van der Waals surface area contributed by atoms with E-state index in [0.29, 0.717) is 17.9 Å². The predicted octanol–water partition coefficient (Wildman–Crippen LogP) is 3.53. The van der Waals surface area contributed by atoms with Crippen LogP contribution in [0.25, 0.3) is 0 Å². The van der Waals surface area contributed by atoms with E-state index in [1.807, 2.05) is 13.0 Å². The Kier molecular flexibility index (Phi) is 11.2. The van der Waals surface area contributed by atoms with Crippen LogP contribution >= 0.6 is 11.6 Å². The molecule has 13 nitrogen and oxygen atoms in total. The third-order valence-corrected chi connectivity index (χ3v) is 10.0. The number of halogens is 1. The molecule has 1 aromatic rings. The van der Waals surface area contributed by atoms with Gasteiger partial charge in [-0.15, -0.1) is 0 Å². The Labute approximate surface area is 286 Å². The van der Waals surface area contributed by atoms with Crippen molar-refractivity contribution in [1.82, 2.24) is 10.2 Å². The molecule has 14 heteroatoms. The Hall–Kier alpha value is -3.65. The van der Waals surface area contributed by atoms with E-state index >= 15 is 0 Å². The number of aliphatic hydroxyl groups is 1. The minimum atomic E-state index is -1.81. The summed E-state index contributed by atoms with van der Waals surface area (Å²) < 4.78 is 28.9. The lowest BCUT2D eigenvalue weighted by Gasteiger charge is -2.42. The van der Waals surface area contributed by atoms with Gasteiger partial charge in [0.2, 0.25) is 11.8 Å². The van der Waals surface area contributed by atoms with Crippen molar-refractivity contribution in [3.05, 3.63) is 46.5 Å². The molecule has 0 aromatic heterocycles. The molecule has 0 radical (unpaired) electrons. The molecule has 8 atom stereocenters. The molecule has 2 fully saturated rings. The monoisotopic (exact) mass is 691 g/mol. The Bertz CT molecular complexity index is 1500. The average Bonchev–Trinajstić information content (AvgIpc) is 3.73. The summed E-state index contributed by atoms with van der Waals surface area (Å²) in [5.41, 5.74) is -0.871. The highest BCUT2D eigenvalue weighted by atomic mass is 35.5. The molecule has 3 amide bonds. The second kappa shape index (κ2) is 14.5. The van der Waals surface area contributed by atoms with Crippen LogP contribution in [-0.4, -0.2) is 104 Å². The summed E-state index contributed by atoms with van der Waals surface area (Å²) in [5, 5.41) is 14.4. The number of hydrogen-bond acceptors (Lipinski definition) is 10. The molecule has 4 bridgehead atoms. The standard InChI is InChI=1S/C34H46ClN3O10/c1-18-11-10-12-26(45-9)34(43)17-25(46-32(42)36-34)19(2)30-33(5,48-30)27(47-31(41)20(3)37(6)21(4)39)16-28(40)38(7)23-14-22(13-18)15-24(44-8)29(23)35/h10-12,14-15,19-20,25-27,30,43H,13,16-17H2,1-9H3,(H,36,42)/t19-,20+,25+,26-,27-,30-,33+,34+/m1/s1. The van der Waals surface area contributed by atoms with Crippen LogP contribution in [0.2, 0.25) is 5.02 Å². The summed E-state index contributed by atoms with van der Waals surface area (Å²) >= 11 is 6.71. The molecule has 0 unspecified atom stereocenters. The van der Waals surface area contributed by atoms with Crippen molar-refractivity contribution in [2.75, 3.05) is 33.2 Å². The summed E-state index contributed by atoms with van der Waals surface area (Å²) in [6.07, 6.45) is 1.02. The van der Waals surface area contributed by atoms with Gasteiger partial charge in [-0.3, -0.25) is 14.9 Å². The van der Waals surface area contributed by atoms with Crippen molar-refractivity contribution in [1.29, 1.82) is 0 Å². The third kappa shape index (κ3) is 7.64. The summed E-state index contributed by atoms with van der Waals surface area (Å²) in [7, 11) is 5.97. The second-order valence-corrected chi connectivity index (χ2v) is 13.4. The van der Waals surface area contributed by atoms with Crippen LogP contribution in [0.3, 0.4) is 0 Å². The summed E-state index contributed by atoms with van der Waals surface area (Å²) in [6.45, 7) is 8.29. The number of anilines is 1. The first-order valence-corrected chi connectivity index (χ1v) is 16.2. The number of likely N-dealkylation sites (N-methyl/N-ethyl adjacent to an activating group) is 1. The lowest BCUT2D eigenvalue weighted by atomic mass is 9.83. The molecule has 3 aliphatic rings. The van der Waals surface area contributed by atoms with E-state index in [1.54, 1.807) is 45.2 Å². The van der Waals surface area contributed by atoms with Crippen LogP contribution in [0.15, 0.2) is 35.9 Å². The highest BCUT2D eigenvalue weighted by Gasteiger charge is 2.64. The zero-order chi connectivity index (χ0) is 35.7. The predicted molar refractivity (Wildman–Crippen MR) is 177 cm³/mol. The molecule has 2 N–H and O–H groups in total. The SMILES string of the molecule is COc1cc2cc(c1Cl)N(C)C(=O)C[C@@H](OC(=O)[C@H](C)N(C)C(C)=O)[C@]1(C)O[C@@H]1[C@H](C)[C@@H]1C[C@@](O)(NC(=O)O1)[C@H](OC)C=CC=C(C)C2. The van der Waals surface area contributed by atoms with Crippen LogP contribution in [0, 0.1) is 5.92 Å². The number of esters is 1. The molecule has 264 valence electrons. The summed E-state index contributed by atoms with van der Waals surface area (Å²) in [4.78, 5) is 54.7. The number of methoxy groups -OCH3 is 2. The molecule has 1 aromatic carbocycles. The molecular weight excluding hydrogens is 646 g/mol. The van der Waals surface area contributed by atoms with E-state index in [2.05, 4.69) is 5.32 Å². The van der Waals surface area contributed by atoms with E-state index in [0.717, 1.165) is 11.1 Å². The number of carbonyl (C=O) groups is 4. The smallest absolute Gasteiger partial charge is 0.409 e. The fourth-order valence-electron chi connectivity index (χ4n) is 6.27. The Morgan fingerprint density at radius 3 is 2.56 bits per heavy atom. The van der Waals surface area contributed by atoms with Gasteiger partial charge in [-0.1, -0.05) is 42.3 Å². The van der Waals surface area contributed by atoms with Crippen molar-refractivity contribution in [3.63, 3.8) is 0 Å². The molecule has 0 saturated carbocycles. The van der Waals surface area contributed by atoms with Crippen molar-refractivity contribution in [3.8, 4) is 5.75 Å². The minimum Gasteiger partial charge on any atom is -0.495 e. The topological polar surface area (TPSA) is 156 Å². The van der Waals surface area contributed by atoms with Gasteiger partial charge in [-0.25, -0.2) is 9.59 Å². The lowest BCUT2D eigenvalue weighted by Crippen LogP contribution is -2.63. The maximum atomic E-state index is 14.0. The fraction of sp³-hybridized carbons (Fsp3) is 0.588. The van der Waals surface area contributed by atoms with Crippen molar-refractivity contribution in [2.24, 2.45) is 5.92 Å². The number of epoxide rings is 1. The molecule has 0 aliphatic carbocycles. The van der Waals surface area contributed by atoms with E-state index in [4.69, 9.17) is 35.3 Å². The van der Waals surface area contributed by atoms with Crippen molar-refractivity contribution >= 4 is 41.2 Å². The first kappa shape index (κ1) is 37.2. The molecule has 0 spiro atoms. The van der Waals surface area contributed by atoms with Gasteiger partial charge in [0.15, 0.2) is 5.72 Å². The number of amides is 3. The largest absolute Gasteiger partial charge is 0.495 e. The van der Waals surface area contributed by atoms with E-state index in [1.165, 1.54) is 44.9 Å². The van der Waals surface area contributed by atoms with Crippen LogP contribution in [0.4, 0.5) is 10.5 Å². The van der Waals surface area contributed by atoms with Gasteiger partial charge in [-0.2, -0.15) is 0 Å². The van der Waals surface area contributed by atoms with Crippen LogP contribution in [0.5, 0.6) is 5.75 Å². The summed E-state index contributed by atoms with van der Waals surface area (Å²) in [6, 6.07) is 2.63. The van der Waals surface area contributed by atoms with E-state index in [-0.39, 0.29) is 23.8 Å². The van der Waals surface area contributed by atoms with Gasteiger partial charge in [0.05, 0.1) is 25.3 Å². The first-order chi connectivity index (χ1) is 22.4. The third-order valence-electron chi connectivity index (χ3n) is 9.63. The van der Waals surface area contributed by atoms with E-state index < -0.39 is 65.7 Å². The zero-order valence-electron chi connectivity index (χ0n) is 28.9. The second-order valence-electron chi connectivity index (χ2n) is 13.0. The van der Waals surface area contributed by atoms with Crippen molar-refractivity contribution < 1.29 is 48.0 Å². The lowest BCUT2D eigenvalue weighted by molar-refractivity contribution is -0.161. The summed E-state index contributed by atoms with van der Waals surface area (Å²) in [5.74, 6) is -1.63. The number of nitrogens with zero attached hydrogens (tertiary/aromatic N) is 2. The molecule has 3 heterocycles. The van der Waals surface area contributed by atoms with Gasteiger partial charge >= 0.3 is 12.1 Å². The maximum absolute atomic E-state index is 14.0. The zero-order valence-corrected chi connectivity index (χ0v) is 29.6. The van der Waals surface area contributed by atoms with Gasteiger partial charge < -0.3 is 38.6 Å². The van der Waals surface area contributed by atoms with Crippen LogP contribution in [0.1, 0.15) is 53.0 Å². The number of carbonyl (C=O) groups excluding carboxylic acids is 4. The quantitative estimate of drug-likeness (QED) is 0.346. The number of alkyl carbamates (subject to hydrolysis) is 1. The van der Waals surface area contributed by atoms with Gasteiger partial charge in [0.25, 0.3) is 0 Å². The Balaban J connectivity index is 1.80. The number of fused-ring (bicyclic) bond motifs is 5. The Morgan fingerprint density at radius 1 is 1.25 bits per heavy atom. The molecule has 48 heavy (non-hydrogen) atoms. The van der Waals surface area contributed by atoms with Gasteiger partial charge in [-0.05, 0) is 44.9 Å². The Morgan fingerprint density at radius 2 is 1.94 bits per heavy atom.